The first-order valence-electron chi connectivity index (χ1n) is 5.76. The molecule has 100 valence electrons. The van der Waals surface area contributed by atoms with Crippen LogP contribution < -0.4 is 0 Å². The summed E-state index contributed by atoms with van der Waals surface area (Å²) in [5.41, 5.74) is 0. The molecule has 0 heterocycles. The highest BCUT2D eigenvalue weighted by Gasteiger charge is 2.04. The van der Waals surface area contributed by atoms with E-state index in [4.69, 9.17) is 9.47 Å². The predicted molar refractivity (Wildman–Crippen MR) is 65.8 cm³/mol. The van der Waals surface area contributed by atoms with E-state index >= 15 is 0 Å². The van der Waals surface area contributed by atoms with Crippen LogP contribution in [0.5, 0.6) is 0 Å². The normalized spacial score (nSPS) is 12.5. The van der Waals surface area contributed by atoms with Gasteiger partial charge in [-0.1, -0.05) is 6.58 Å². The maximum absolute atomic E-state index is 10.7. The molecule has 0 aromatic rings. The molecule has 1 unspecified atom stereocenters. The van der Waals surface area contributed by atoms with E-state index in [0.717, 1.165) is 18.9 Å². The Kier molecular flexibility index (Phi) is 9.71. The largest absolute Gasteiger partial charge is 0.463 e. The molecule has 0 radical (unpaired) electrons. The number of rotatable bonds is 10. The molecule has 0 rings (SSSR count). The summed E-state index contributed by atoms with van der Waals surface area (Å²) in [6.45, 7) is 5.18. The lowest BCUT2D eigenvalue weighted by atomic mass is 10.3. The van der Waals surface area contributed by atoms with E-state index in [0.29, 0.717) is 26.4 Å². The summed E-state index contributed by atoms with van der Waals surface area (Å²) < 4.78 is 10.1. The molecular weight excluding hydrogens is 222 g/mol. The van der Waals surface area contributed by atoms with Gasteiger partial charge in [0.25, 0.3) is 0 Å². The van der Waals surface area contributed by atoms with Crippen molar-refractivity contribution in [2.24, 2.45) is 0 Å². The first kappa shape index (κ1) is 16.1. The number of hydrogen-bond acceptors (Lipinski definition) is 5. The number of ether oxygens (including phenoxy) is 2. The average Bonchev–Trinajstić information content (AvgIpc) is 2.26. The molecule has 0 saturated heterocycles. The third kappa shape index (κ3) is 11.4. The van der Waals surface area contributed by atoms with Crippen molar-refractivity contribution in [3.05, 3.63) is 12.7 Å². The molecule has 0 aromatic carbocycles. The minimum absolute atomic E-state index is 0.338. The van der Waals surface area contributed by atoms with E-state index < -0.39 is 12.1 Å². The highest BCUT2D eigenvalue weighted by Crippen LogP contribution is 1.94. The molecule has 0 aliphatic rings. The number of aliphatic hydroxyl groups excluding tert-OH is 1. The van der Waals surface area contributed by atoms with Crippen molar-refractivity contribution in [1.82, 2.24) is 4.90 Å². The van der Waals surface area contributed by atoms with Crippen LogP contribution in [0, 0.1) is 0 Å². The summed E-state index contributed by atoms with van der Waals surface area (Å²) in [5, 5.41) is 9.48. The molecule has 0 bridgehead atoms. The summed E-state index contributed by atoms with van der Waals surface area (Å²) in [6, 6.07) is 0. The molecule has 0 saturated carbocycles. The van der Waals surface area contributed by atoms with Gasteiger partial charge in [-0.2, -0.15) is 0 Å². The summed E-state index contributed by atoms with van der Waals surface area (Å²) in [5.74, 6) is -0.396. The number of likely N-dealkylation sites (N-methyl/N-ethyl adjacent to an activating group) is 1. The van der Waals surface area contributed by atoms with E-state index in [9.17, 15) is 9.90 Å². The van der Waals surface area contributed by atoms with Crippen LogP contribution in [0.2, 0.25) is 0 Å². The molecule has 0 spiro atoms. The van der Waals surface area contributed by atoms with Gasteiger partial charge >= 0.3 is 5.97 Å². The van der Waals surface area contributed by atoms with Crippen LogP contribution in [0.25, 0.3) is 0 Å². The smallest absolute Gasteiger partial charge is 0.330 e. The number of hydrogen-bond donors (Lipinski definition) is 1. The Hall–Kier alpha value is -0.910. The minimum atomic E-state index is -0.455. The number of carbonyl (C=O) groups is 1. The van der Waals surface area contributed by atoms with Crippen LogP contribution in [0.4, 0.5) is 0 Å². The molecule has 0 fully saturated rings. The van der Waals surface area contributed by atoms with Crippen LogP contribution in [0.3, 0.4) is 0 Å². The minimum Gasteiger partial charge on any atom is -0.463 e. The van der Waals surface area contributed by atoms with E-state index in [1.165, 1.54) is 0 Å². The zero-order chi connectivity index (χ0) is 13.1. The molecule has 5 nitrogen and oxygen atoms in total. The molecule has 0 aliphatic heterocycles. The van der Waals surface area contributed by atoms with Gasteiger partial charge in [0.05, 0.1) is 19.3 Å². The quantitative estimate of drug-likeness (QED) is 0.344. The van der Waals surface area contributed by atoms with Gasteiger partial charge in [-0.05, 0) is 26.9 Å². The highest BCUT2D eigenvalue weighted by molar-refractivity contribution is 5.81. The van der Waals surface area contributed by atoms with Gasteiger partial charge in [0.15, 0.2) is 0 Å². The van der Waals surface area contributed by atoms with Crippen molar-refractivity contribution >= 4 is 5.97 Å². The third-order valence-electron chi connectivity index (χ3n) is 1.98. The van der Waals surface area contributed by atoms with Crippen LogP contribution in [-0.2, 0) is 14.3 Å². The van der Waals surface area contributed by atoms with Crippen LogP contribution >= 0.6 is 0 Å². The van der Waals surface area contributed by atoms with Gasteiger partial charge in [-0.15, -0.1) is 0 Å². The van der Waals surface area contributed by atoms with Gasteiger partial charge in [-0.25, -0.2) is 4.79 Å². The maximum Gasteiger partial charge on any atom is 0.330 e. The summed E-state index contributed by atoms with van der Waals surface area (Å²) in [7, 11) is 3.80. The van der Waals surface area contributed by atoms with Crippen molar-refractivity contribution in [3.63, 3.8) is 0 Å². The van der Waals surface area contributed by atoms with Crippen LogP contribution in [0.1, 0.15) is 12.8 Å². The molecule has 1 N–H and O–H groups in total. The monoisotopic (exact) mass is 245 g/mol. The van der Waals surface area contributed by atoms with Crippen molar-refractivity contribution in [2.75, 3.05) is 40.5 Å². The fourth-order valence-corrected chi connectivity index (χ4v) is 1.23. The molecule has 0 aromatic heterocycles. The Labute approximate surface area is 103 Å². The second-order valence-electron chi connectivity index (χ2n) is 4.07. The average molecular weight is 245 g/mol. The van der Waals surface area contributed by atoms with Gasteiger partial charge in [0.1, 0.15) is 0 Å². The summed E-state index contributed by atoms with van der Waals surface area (Å²) in [4.78, 5) is 12.6. The molecule has 5 heteroatoms. The molecule has 0 aliphatic carbocycles. The van der Waals surface area contributed by atoms with Crippen molar-refractivity contribution in [3.8, 4) is 0 Å². The summed E-state index contributed by atoms with van der Waals surface area (Å²) >= 11 is 0. The SMILES string of the molecule is C=CC(=O)OCCCCOCC(O)CN(C)C. The van der Waals surface area contributed by atoms with Gasteiger partial charge in [0.2, 0.25) is 0 Å². The van der Waals surface area contributed by atoms with E-state index in [1.54, 1.807) is 0 Å². The zero-order valence-corrected chi connectivity index (χ0v) is 10.7. The standard InChI is InChI=1S/C12H23NO4/c1-4-12(15)17-8-6-5-7-16-10-11(14)9-13(2)3/h4,11,14H,1,5-10H2,2-3H3. The number of nitrogens with zero attached hydrogens (tertiary/aromatic N) is 1. The Morgan fingerprint density at radius 1 is 1.41 bits per heavy atom. The maximum atomic E-state index is 10.7. The van der Waals surface area contributed by atoms with Gasteiger partial charge in [0, 0.05) is 19.2 Å². The van der Waals surface area contributed by atoms with Crippen LogP contribution in [-0.4, -0.2) is 62.5 Å². The molecule has 17 heavy (non-hydrogen) atoms. The predicted octanol–water partition coefficient (Wildman–Crippen LogP) is 0.435. The molecular formula is C12H23NO4. The Bertz CT molecular complexity index is 219. The lowest BCUT2D eigenvalue weighted by Crippen LogP contribution is -2.29. The fourth-order valence-electron chi connectivity index (χ4n) is 1.23. The second-order valence-corrected chi connectivity index (χ2v) is 4.07. The fraction of sp³-hybridized carbons (Fsp3) is 0.750. The van der Waals surface area contributed by atoms with Crippen LogP contribution in [0.15, 0.2) is 12.7 Å². The lowest BCUT2D eigenvalue weighted by Gasteiger charge is -2.15. The lowest BCUT2D eigenvalue weighted by molar-refractivity contribution is -0.137. The number of carbonyl (C=O) groups excluding carboxylic acids is 1. The molecule has 1 atom stereocenters. The summed E-state index contributed by atoms with van der Waals surface area (Å²) in [6.07, 6.45) is 2.25. The van der Waals surface area contributed by atoms with E-state index in [2.05, 4.69) is 6.58 Å². The Morgan fingerprint density at radius 3 is 2.65 bits per heavy atom. The highest BCUT2D eigenvalue weighted by atomic mass is 16.5. The van der Waals surface area contributed by atoms with Crippen molar-refractivity contribution in [1.29, 1.82) is 0 Å². The third-order valence-corrected chi connectivity index (χ3v) is 1.98. The number of esters is 1. The first-order valence-corrected chi connectivity index (χ1v) is 5.76. The second kappa shape index (κ2) is 10.3. The topological polar surface area (TPSA) is 59.0 Å². The van der Waals surface area contributed by atoms with Crippen molar-refractivity contribution < 1.29 is 19.4 Å². The number of unbranched alkanes of at least 4 members (excludes halogenated alkanes) is 1. The molecule has 0 amide bonds. The van der Waals surface area contributed by atoms with Crippen molar-refractivity contribution in [2.45, 2.75) is 18.9 Å². The van der Waals surface area contributed by atoms with E-state index in [1.807, 2.05) is 19.0 Å². The number of aliphatic hydroxyl groups is 1. The van der Waals surface area contributed by atoms with Gasteiger partial charge < -0.3 is 19.5 Å². The van der Waals surface area contributed by atoms with Gasteiger partial charge in [-0.3, -0.25) is 0 Å². The Balaban J connectivity index is 3.23. The Morgan fingerprint density at radius 2 is 2.06 bits per heavy atom. The zero-order valence-electron chi connectivity index (χ0n) is 10.7. The first-order chi connectivity index (χ1) is 8.06. The van der Waals surface area contributed by atoms with E-state index in [-0.39, 0.29) is 0 Å².